The number of halogens is 1. The van der Waals surface area contributed by atoms with Crippen LogP contribution in [0.4, 0.5) is 10.1 Å². The van der Waals surface area contributed by atoms with E-state index in [0.717, 1.165) is 5.56 Å². The van der Waals surface area contributed by atoms with Crippen molar-refractivity contribution in [2.45, 2.75) is 13.1 Å². The van der Waals surface area contributed by atoms with E-state index in [4.69, 9.17) is 5.73 Å². The second-order valence-corrected chi connectivity index (χ2v) is 4.36. The lowest BCUT2D eigenvalue weighted by Crippen LogP contribution is -2.05. The SMILES string of the molecule is COC(=O)c1ccc(-c2cccc(C(C)F)n2)cc1N. The van der Waals surface area contributed by atoms with Gasteiger partial charge in [0.05, 0.1) is 24.1 Å². The van der Waals surface area contributed by atoms with Crippen LogP contribution < -0.4 is 5.73 Å². The van der Waals surface area contributed by atoms with Gasteiger partial charge in [-0.2, -0.15) is 0 Å². The van der Waals surface area contributed by atoms with Gasteiger partial charge in [-0.25, -0.2) is 14.2 Å². The van der Waals surface area contributed by atoms with Crippen molar-refractivity contribution in [1.82, 2.24) is 4.98 Å². The summed E-state index contributed by atoms with van der Waals surface area (Å²) in [6.45, 7) is 1.43. The number of methoxy groups -OCH3 is 1. The molecular formula is C15H15FN2O2. The van der Waals surface area contributed by atoms with Gasteiger partial charge < -0.3 is 10.5 Å². The first-order valence-electron chi connectivity index (χ1n) is 6.12. The van der Waals surface area contributed by atoms with Crippen LogP contribution in [0.1, 0.15) is 29.1 Å². The number of alkyl halides is 1. The van der Waals surface area contributed by atoms with Crippen molar-refractivity contribution >= 4 is 11.7 Å². The van der Waals surface area contributed by atoms with Gasteiger partial charge in [0.1, 0.15) is 6.17 Å². The monoisotopic (exact) mass is 274 g/mol. The molecule has 0 fully saturated rings. The van der Waals surface area contributed by atoms with Gasteiger partial charge in [-0.3, -0.25) is 0 Å². The number of hydrogen-bond acceptors (Lipinski definition) is 4. The number of ether oxygens (including phenoxy) is 1. The Morgan fingerprint density at radius 3 is 2.70 bits per heavy atom. The first-order valence-corrected chi connectivity index (χ1v) is 6.12. The molecule has 0 spiro atoms. The lowest BCUT2D eigenvalue weighted by Gasteiger charge is -2.08. The second-order valence-electron chi connectivity index (χ2n) is 4.36. The van der Waals surface area contributed by atoms with Gasteiger partial charge in [0.25, 0.3) is 0 Å². The molecule has 4 nitrogen and oxygen atoms in total. The molecule has 1 heterocycles. The molecule has 1 aromatic heterocycles. The van der Waals surface area contributed by atoms with E-state index >= 15 is 0 Å². The number of hydrogen-bond donors (Lipinski definition) is 1. The zero-order valence-electron chi connectivity index (χ0n) is 11.3. The first-order chi connectivity index (χ1) is 9.52. The highest BCUT2D eigenvalue weighted by atomic mass is 19.1. The number of esters is 1. The predicted octanol–water partition coefficient (Wildman–Crippen LogP) is 3.15. The van der Waals surface area contributed by atoms with E-state index < -0.39 is 12.1 Å². The highest BCUT2D eigenvalue weighted by Gasteiger charge is 2.12. The van der Waals surface area contributed by atoms with Gasteiger partial charge in [0.2, 0.25) is 0 Å². The molecule has 1 unspecified atom stereocenters. The minimum absolute atomic E-state index is 0.297. The quantitative estimate of drug-likeness (QED) is 0.689. The van der Waals surface area contributed by atoms with Crippen molar-refractivity contribution in [3.8, 4) is 11.3 Å². The van der Waals surface area contributed by atoms with E-state index in [0.29, 0.717) is 22.6 Å². The van der Waals surface area contributed by atoms with E-state index in [1.165, 1.54) is 14.0 Å². The number of anilines is 1. The number of pyridine rings is 1. The topological polar surface area (TPSA) is 65.2 Å². The maximum atomic E-state index is 13.3. The van der Waals surface area contributed by atoms with Crippen LogP contribution in [-0.4, -0.2) is 18.1 Å². The van der Waals surface area contributed by atoms with Gasteiger partial charge >= 0.3 is 5.97 Å². The van der Waals surface area contributed by atoms with Gasteiger partial charge in [-0.05, 0) is 31.2 Å². The number of rotatable bonds is 3. The maximum absolute atomic E-state index is 13.3. The Bertz CT molecular complexity index is 642. The molecule has 0 saturated heterocycles. The molecule has 0 aliphatic heterocycles. The molecule has 20 heavy (non-hydrogen) atoms. The number of nitrogens with zero attached hydrogens (tertiary/aromatic N) is 1. The summed E-state index contributed by atoms with van der Waals surface area (Å²) in [7, 11) is 1.29. The Morgan fingerprint density at radius 1 is 1.35 bits per heavy atom. The highest BCUT2D eigenvalue weighted by Crippen LogP contribution is 2.25. The van der Waals surface area contributed by atoms with Crippen LogP contribution >= 0.6 is 0 Å². The summed E-state index contributed by atoms with van der Waals surface area (Å²) in [5.41, 5.74) is 8.11. The molecule has 5 heteroatoms. The van der Waals surface area contributed by atoms with Crippen LogP contribution in [0.3, 0.4) is 0 Å². The minimum atomic E-state index is -1.14. The zero-order valence-corrected chi connectivity index (χ0v) is 11.3. The maximum Gasteiger partial charge on any atom is 0.339 e. The number of aromatic nitrogens is 1. The van der Waals surface area contributed by atoms with Crippen molar-refractivity contribution in [3.05, 3.63) is 47.7 Å². The Kier molecular flexibility index (Phi) is 3.98. The summed E-state index contributed by atoms with van der Waals surface area (Å²) in [6.07, 6.45) is -1.14. The lowest BCUT2D eigenvalue weighted by molar-refractivity contribution is 0.0602. The predicted molar refractivity (Wildman–Crippen MR) is 74.9 cm³/mol. The van der Waals surface area contributed by atoms with Crippen LogP contribution in [0.15, 0.2) is 36.4 Å². The molecule has 0 radical (unpaired) electrons. The molecule has 1 aromatic carbocycles. The second kappa shape index (κ2) is 5.69. The zero-order chi connectivity index (χ0) is 14.7. The summed E-state index contributed by atoms with van der Waals surface area (Å²) < 4.78 is 17.9. The summed E-state index contributed by atoms with van der Waals surface area (Å²) in [4.78, 5) is 15.7. The van der Waals surface area contributed by atoms with Crippen LogP contribution in [0.2, 0.25) is 0 Å². The molecule has 0 saturated carbocycles. The molecule has 2 aromatic rings. The van der Waals surface area contributed by atoms with Crippen LogP contribution in [0, 0.1) is 0 Å². The van der Waals surface area contributed by atoms with Crippen molar-refractivity contribution in [3.63, 3.8) is 0 Å². The van der Waals surface area contributed by atoms with Gasteiger partial charge in [-0.15, -0.1) is 0 Å². The summed E-state index contributed by atoms with van der Waals surface area (Å²) in [6, 6.07) is 10.0. The average molecular weight is 274 g/mol. The Balaban J connectivity index is 2.41. The molecule has 0 aliphatic carbocycles. The number of nitrogens with two attached hydrogens (primary N) is 1. The molecule has 104 valence electrons. The van der Waals surface area contributed by atoms with Crippen LogP contribution in [-0.2, 0) is 4.74 Å². The third-order valence-electron chi connectivity index (χ3n) is 2.93. The fraction of sp³-hybridized carbons (Fsp3) is 0.200. The Morgan fingerprint density at radius 2 is 2.10 bits per heavy atom. The third kappa shape index (κ3) is 2.77. The van der Waals surface area contributed by atoms with Crippen molar-refractivity contribution in [1.29, 1.82) is 0 Å². The number of benzene rings is 1. The standard InChI is InChI=1S/C15H15FN2O2/c1-9(16)13-4-3-5-14(18-13)10-6-7-11(12(17)8-10)15(19)20-2/h3-9H,17H2,1-2H3. The number of carbonyl (C=O) groups excluding carboxylic acids is 1. The number of carbonyl (C=O) groups is 1. The largest absolute Gasteiger partial charge is 0.465 e. The first kappa shape index (κ1) is 14.0. The summed E-state index contributed by atoms with van der Waals surface area (Å²) in [5.74, 6) is -0.492. The van der Waals surface area contributed by atoms with Gasteiger partial charge in [0, 0.05) is 11.3 Å². The van der Waals surface area contributed by atoms with E-state index in [1.807, 2.05) is 0 Å². The molecule has 0 amide bonds. The highest BCUT2D eigenvalue weighted by molar-refractivity contribution is 5.96. The molecule has 0 aliphatic rings. The Labute approximate surface area is 116 Å². The average Bonchev–Trinajstić information content (AvgIpc) is 2.46. The van der Waals surface area contributed by atoms with Crippen molar-refractivity contribution in [2.75, 3.05) is 12.8 Å². The molecule has 1 atom stereocenters. The van der Waals surface area contributed by atoms with E-state index in [1.54, 1.807) is 36.4 Å². The summed E-state index contributed by atoms with van der Waals surface area (Å²) >= 11 is 0. The fourth-order valence-electron chi connectivity index (χ4n) is 1.85. The fourth-order valence-corrected chi connectivity index (χ4v) is 1.85. The van der Waals surface area contributed by atoms with Gasteiger partial charge in [-0.1, -0.05) is 12.1 Å². The third-order valence-corrected chi connectivity index (χ3v) is 2.93. The molecule has 0 bridgehead atoms. The molecular weight excluding hydrogens is 259 g/mol. The van der Waals surface area contributed by atoms with Crippen LogP contribution in [0.5, 0.6) is 0 Å². The smallest absolute Gasteiger partial charge is 0.339 e. The molecule has 2 rings (SSSR count). The van der Waals surface area contributed by atoms with E-state index in [-0.39, 0.29) is 0 Å². The molecule has 2 N–H and O–H groups in total. The van der Waals surface area contributed by atoms with Gasteiger partial charge in [0.15, 0.2) is 0 Å². The van der Waals surface area contributed by atoms with Crippen LogP contribution in [0.25, 0.3) is 11.3 Å². The van der Waals surface area contributed by atoms with E-state index in [9.17, 15) is 9.18 Å². The normalized spacial score (nSPS) is 11.9. The van der Waals surface area contributed by atoms with Crippen molar-refractivity contribution < 1.29 is 13.9 Å². The Hall–Kier alpha value is -2.43. The minimum Gasteiger partial charge on any atom is -0.465 e. The van der Waals surface area contributed by atoms with Crippen molar-refractivity contribution in [2.24, 2.45) is 0 Å². The lowest BCUT2D eigenvalue weighted by atomic mass is 10.1. The van der Waals surface area contributed by atoms with E-state index in [2.05, 4.69) is 9.72 Å². The summed E-state index contributed by atoms with van der Waals surface area (Å²) in [5, 5.41) is 0. The number of nitrogen functional groups attached to an aromatic ring is 1.